The predicted octanol–water partition coefficient (Wildman–Crippen LogP) is 1.99. The van der Waals surface area contributed by atoms with E-state index in [0.29, 0.717) is 5.82 Å². The Labute approximate surface area is 105 Å². The van der Waals surface area contributed by atoms with Crippen LogP contribution < -0.4 is 5.32 Å². The standard InChI is InChI=1S/C13H15N3O2/c1-8-4-5-11(17)10(6-8)13(18)14-12-7-9(2)15-16(12)3/h4-7,17H,1-3H3,(H,14,18). The summed E-state index contributed by atoms with van der Waals surface area (Å²) < 4.78 is 1.58. The predicted molar refractivity (Wildman–Crippen MR) is 68.7 cm³/mol. The molecule has 1 aromatic heterocycles. The molecule has 5 nitrogen and oxygen atoms in total. The Bertz CT molecular complexity index is 602. The van der Waals surface area contributed by atoms with Crippen LogP contribution >= 0.6 is 0 Å². The van der Waals surface area contributed by atoms with Crippen LogP contribution in [0.2, 0.25) is 0 Å². The van der Waals surface area contributed by atoms with Gasteiger partial charge < -0.3 is 10.4 Å². The summed E-state index contributed by atoms with van der Waals surface area (Å²) in [6.07, 6.45) is 0. The summed E-state index contributed by atoms with van der Waals surface area (Å²) >= 11 is 0. The molecule has 18 heavy (non-hydrogen) atoms. The van der Waals surface area contributed by atoms with E-state index in [0.717, 1.165) is 11.3 Å². The highest BCUT2D eigenvalue weighted by Crippen LogP contribution is 2.20. The van der Waals surface area contributed by atoms with Crippen molar-refractivity contribution < 1.29 is 9.90 Å². The van der Waals surface area contributed by atoms with Crippen LogP contribution in [0.15, 0.2) is 24.3 Å². The molecule has 2 aromatic rings. The van der Waals surface area contributed by atoms with Gasteiger partial charge in [0.1, 0.15) is 11.6 Å². The number of phenolic OH excluding ortho intramolecular Hbond substituents is 1. The lowest BCUT2D eigenvalue weighted by Crippen LogP contribution is -2.14. The molecule has 0 aliphatic carbocycles. The second-order valence-electron chi connectivity index (χ2n) is 4.27. The van der Waals surface area contributed by atoms with Gasteiger partial charge in [-0.2, -0.15) is 5.10 Å². The molecule has 94 valence electrons. The number of benzene rings is 1. The van der Waals surface area contributed by atoms with Gasteiger partial charge in [-0.15, -0.1) is 0 Å². The maximum absolute atomic E-state index is 12.0. The number of aromatic hydroxyl groups is 1. The minimum Gasteiger partial charge on any atom is -0.507 e. The lowest BCUT2D eigenvalue weighted by atomic mass is 10.1. The van der Waals surface area contributed by atoms with E-state index in [1.807, 2.05) is 13.8 Å². The Kier molecular flexibility index (Phi) is 3.06. The van der Waals surface area contributed by atoms with Crippen molar-refractivity contribution in [1.82, 2.24) is 9.78 Å². The third-order valence-corrected chi connectivity index (χ3v) is 2.64. The number of anilines is 1. The zero-order valence-electron chi connectivity index (χ0n) is 10.6. The lowest BCUT2D eigenvalue weighted by Gasteiger charge is -2.07. The Morgan fingerprint density at radius 2 is 2.06 bits per heavy atom. The van der Waals surface area contributed by atoms with E-state index in [4.69, 9.17) is 0 Å². The number of hydrogen-bond acceptors (Lipinski definition) is 3. The second kappa shape index (κ2) is 4.52. The maximum atomic E-state index is 12.0. The minimum atomic E-state index is -0.348. The Balaban J connectivity index is 2.27. The molecule has 0 saturated heterocycles. The fraction of sp³-hybridized carbons (Fsp3) is 0.231. The van der Waals surface area contributed by atoms with E-state index in [1.54, 1.807) is 29.9 Å². The largest absolute Gasteiger partial charge is 0.507 e. The van der Waals surface area contributed by atoms with Gasteiger partial charge in [-0.1, -0.05) is 11.6 Å². The normalized spacial score (nSPS) is 10.4. The molecule has 0 spiro atoms. The van der Waals surface area contributed by atoms with Crippen LogP contribution in [0.5, 0.6) is 5.75 Å². The highest BCUT2D eigenvalue weighted by molar-refractivity contribution is 6.05. The number of aryl methyl sites for hydroxylation is 3. The summed E-state index contributed by atoms with van der Waals surface area (Å²) in [5.74, 6) is 0.217. The second-order valence-corrected chi connectivity index (χ2v) is 4.27. The number of nitrogens with one attached hydrogen (secondary N) is 1. The van der Waals surface area contributed by atoms with Crippen LogP contribution in [-0.4, -0.2) is 20.8 Å². The Morgan fingerprint density at radius 1 is 1.33 bits per heavy atom. The van der Waals surface area contributed by atoms with Gasteiger partial charge in [-0.05, 0) is 26.0 Å². The number of carbonyl (C=O) groups is 1. The number of amides is 1. The van der Waals surface area contributed by atoms with Gasteiger partial charge in [0.15, 0.2) is 0 Å². The first-order valence-corrected chi connectivity index (χ1v) is 5.59. The first kappa shape index (κ1) is 12.2. The van der Waals surface area contributed by atoms with Crippen LogP contribution in [0, 0.1) is 13.8 Å². The van der Waals surface area contributed by atoms with Crippen molar-refractivity contribution in [2.45, 2.75) is 13.8 Å². The van der Waals surface area contributed by atoms with Crippen LogP contribution in [0.1, 0.15) is 21.6 Å². The van der Waals surface area contributed by atoms with E-state index < -0.39 is 0 Å². The molecule has 0 atom stereocenters. The van der Waals surface area contributed by atoms with E-state index in [2.05, 4.69) is 10.4 Å². The lowest BCUT2D eigenvalue weighted by molar-refractivity contribution is 0.102. The van der Waals surface area contributed by atoms with E-state index in [9.17, 15) is 9.90 Å². The zero-order valence-corrected chi connectivity index (χ0v) is 10.6. The number of phenols is 1. The summed E-state index contributed by atoms with van der Waals surface area (Å²) in [4.78, 5) is 12.0. The molecule has 0 unspecified atom stereocenters. The number of aromatic nitrogens is 2. The molecular formula is C13H15N3O2. The molecule has 0 aliphatic heterocycles. The van der Waals surface area contributed by atoms with Crippen LogP contribution in [0.25, 0.3) is 0 Å². The third-order valence-electron chi connectivity index (χ3n) is 2.64. The highest BCUT2D eigenvalue weighted by Gasteiger charge is 2.13. The molecule has 0 bridgehead atoms. The quantitative estimate of drug-likeness (QED) is 0.850. The number of carbonyl (C=O) groups excluding carboxylic acids is 1. The summed E-state index contributed by atoms with van der Waals surface area (Å²) in [7, 11) is 1.75. The van der Waals surface area contributed by atoms with Crippen molar-refractivity contribution in [3.63, 3.8) is 0 Å². The molecule has 0 fully saturated rings. The maximum Gasteiger partial charge on any atom is 0.260 e. The molecule has 1 amide bonds. The van der Waals surface area contributed by atoms with Crippen molar-refractivity contribution in [2.75, 3.05) is 5.32 Å². The van der Waals surface area contributed by atoms with E-state index >= 15 is 0 Å². The molecular weight excluding hydrogens is 230 g/mol. The molecule has 5 heteroatoms. The van der Waals surface area contributed by atoms with Crippen molar-refractivity contribution in [3.05, 3.63) is 41.1 Å². The molecule has 0 radical (unpaired) electrons. The third kappa shape index (κ3) is 2.34. The van der Waals surface area contributed by atoms with E-state index in [-0.39, 0.29) is 17.2 Å². The average molecular weight is 245 g/mol. The molecule has 1 aromatic carbocycles. The first-order chi connectivity index (χ1) is 8.47. The fourth-order valence-corrected chi connectivity index (χ4v) is 1.74. The number of hydrogen-bond donors (Lipinski definition) is 2. The molecule has 1 heterocycles. The Morgan fingerprint density at radius 3 is 2.67 bits per heavy atom. The van der Waals surface area contributed by atoms with Crippen molar-refractivity contribution in [3.8, 4) is 5.75 Å². The van der Waals surface area contributed by atoms with Crippen molar-refractivity contribution in [2.24, 2.45) is 7.05 Å². The summed E-state index contributed by atoms with van der Waals surface area (Å²) in [5, 5.41) is 16.5. The highest BCUT2D eigenvalue weighted by atomic mass is 16.3. The van der Waals surface area contributed by atoms with Gasteiger partial charge >= 0.3 is 0 Å². The van der Waals surface area contributed by atoms with Crippen molar-refractivity contribution in [1.29, 1.82) is 0 Å². The molecule has 0 aliphatic rings. The molecule has 2 rings (SSSR count). The van der Waals surface area contributed by atoms with Crippen LogP contribution in [0.4, 0.5) is 5.82 Å². The van der Waals surface area contributed by atoms with Crippen molar-refractivity contribution >= 4 is 11.7 Å². The summed E-state index contributed by atoms with van der Waals surface area (Å²) in [6, 6.07) is 6.68. The summed E-state index contributed by atoms with van der Waals surface area (Å²) in [6.45, 7) is 3.71. The zero-order chi connectivity index (χ0) is 13.3. The summed E-state index contributed by atoms with van der Waals surface area (Å²) in [5.41, 5.74) is 1.99. The van der Waals surface area contributed by atoms with Gasteiger partial charge in [0.25, 0.3) is 5.91 Å². The molecule has 0 saturated carbocycles. The SMILES string of the molecule is Cc1ccc(O)c(C(=O)Nc2cc(C)nn2C)c1. The topological polar surface area (TPSA) is 67.2 Å². The van der Waals surface area contributed by atoms with Crippen LogP contribution in [0.3, 0.4) is 0 Å². The van der Waals surface area contributed by atoms with Gasteiger partial charge in [-0.3, -0.25) is 9.48 Å². The monoisotopic (exact) mass is 245 g/mol. The number of nitrogens with zero attached hydrogens (tertiary/aromatic N) is 2. The average Bonchev–Trinajstić information content (AvgIpc) is 2.61. The smallest absolute Gasteiger partial charge is 0.260 e. The van der Waals surface area contributed by atoms with Crippen LogP contribution in [-0.2, 0) is 7.05 Å². The van der Waals surface area contributed by atoms with Gasteiger partial charge in [0.2, 0.25) is 0 Å². The van der Waals surface area contributed by atoms with Gasteiger partial charge in [0.05, 0.1) is 11.3 Å². The van der Waals surface area contributed by atoms with Gasteiger partial charge in [-0.25, -0.2) is 0 Å². The Hall–Kier alpha value is -2.30. The number of rotatable bonds is 2. The molecule has 2 N–H and O–H groups in total. The first-order valence-electron chi connectivity index (χ1n) is 5.59. The minimum absolute atomic E-state index is 0.0306. The fourth-order valence-electron chi connectivity index (χ4n) is 1.74. The van der Waals surface area contributed by atoms with E-state index in [1.165, 1.54) is 6.07 Å². The van der Waals surface area contributed by atoms with Gasteiger partial charge in [0, 0.05) is 13.1 Å².